The molecule has 0 N–H and O–H groups in total. The molecule has 147 heavy (non-hydrogen) atoms. The van der Waals surface area contributed by atoms with Crippen LogP contribution in [-0.4, -0.2) is 13.7 Å². The van der Waals surface area contributed by atoms with Crippen molar-refractivity contribution < 1.29 is 8.83 Å². The first-order valence-electron chi connectivity index (χ1n) is 50.1. The van der Waals surface area contributed by atoms with Crippen LogP contribution in [0.3, 0.4) is 0 Å². The number of para-hydroxylation sites is 9. The Morgan fingerprint density at radius 3 is 0.918 bits per heavy atom. The maximum absolute atomic E-state index is 6.58. The Bertz CT molecular complexity index is 9930. The fourth-order valence-electron chi connectivity index (χ4n) is 22.6. The number of furan rings is 2. The van der Waals surface area contributed by atoms with E-state index in [0.29, 0.717) is 0 Å². The number of anilines is 9. The van der Waals surface area contributed by atoms with Gasteiger partial charge in [-0.2, -0.15) is 0 Å². The highest BCUT2D eigenvalue weighted by molar-refractivity contribution is 7.26. The van der Waals surface area contributed by atoms with Crippen LogP contribution in [0.1, 0.15) is 0 Å². The van der Waals surface area contributed by atoms with Gasteiger partial charge >= 0.3 is 0 Å². The van der Waals surface area contributed by atoms with Gasteiger partial charge in [0.05, 0.1) is 66.2 Å². The summed E-state index contributed by atoms with van der Waals surface area (Å²) >= 11 is 1.87. The molecule has 690 valence electrons. The zero-order valence-electron chi connectivity index (χ0n) is 79.9. The molecule has 0 unspecified atom stereocenters. The molecule has 0 aliphatic carbocycles. The molecule has 6 heterocycles. The molecule has 0 radical (unpaired) electrons. The van der Waals surface area contributed by atoms with Gasteiger partial charge in [-0.1, -0.05) is 352 Å². The number of aromatic nitrogens is 3. The van der Waals surface area contributed by atoms with E-state index in [1.165, 1.54) is 180 Å². The average Bonchev–Trinajstić information content (AvgIpc) is 1.56. The normalized spacial score (nSPS) is 11.7. The van der Waals surface area contributed by atoms with E-state index in [-0.39, 0.29) is 0 Å². The van der Waals surface area contributed by atoms with Gasteiger partial charge in [0.2, 0.25) is 0 Å². The summed E-state index contributed by atoms with van der Waals surface area (Å²) in [7, 11) is 0. The molecule has 0 fully saturated rings. The van der Waals surface area contributed by atoms with Gasteiger partial charge in [-0.15, -0.1) is 11.3 Å². The van der Waals surface area contributed by atoms with Gasteiger partial charge in [0.1, 0.15) is 16.7 Å². The molecule has 6 aromatic heterocycles. The van der Waals surface area contributed by atoms with Crippen LogP contribution in [-0.2, 0) is 0 Å². The van der Waals surface area contributed by atoms with E-state index in [1.807, 2.05) is 35.6 Å². The van der Waals surface area contributed by atoms with Gasteiger partial charge in [-0.25, -0.2) is 0 Å². The van der Waals surface area contributed by atoms with Crippen LogP contribution in [0.15, 0.2) is 555 Å². The SMILES string of the molecule is c1ccc(-n2c3ccccc3c3cc(-c4ccc(N(c5ccc6oc7ccccc7c6c5)c5cccc6ccccc56)cc4)ccc32)cc1.c1ccc(-n2c3ccccc3c3cc(-c4ccc(N(c5cccc6ccccc56)c5cccc6c5oc5ccccc56)cc4)ccc32)cc1.c1ccc(-n2c3ccccc3c3cc(-c4ccc(N(c5cccc6ccccc56)c5cccc6c5sc5ccccc56)cc4)ccc32)cc1. The van der Waals surface area contributed by atoms with Crippen LogP contribution in [0.2, 0.25) is 0 Å². The smallest absolute Gasteiger partial charge is 0.159 e. The van der Waals surface area contributed by atoms with Crippen LogP contribution < -0.4 is 14.7 Å². The highest BCUT2D eigenvalue weighted by atomic mass is 32.1. The third-order valence-electron chi connectivity index (χ3n) is 29.3. The van der Waals surface area contributed by atoms with Crippen LogP contribution in [0.5, 0.6) is 0 Å². The summed E-state index contributed by atoms with van der Waals surface area (Å²) in [6, 6.07) is 196. The topological polar surface area (TPSA) is 50.8 Å². The van der Waals surface area contributed by atoms with E-state index >= 15 is 0 Å². The van der Waals surface area contributed by atoms with Crippen molar-refractivity contribution in [2.45, 2.75) is 0 Å². The summed E-state index contributed by atoms with van der Waals surface area (Å²) in [6.45, 7) is 0. The quantitative estimate of drug-likeness (QED) is 0.102. The zero-order chi connectivity index (χ0) is 96.9. The van der Waals surface area contributed by atoms with Crippen molar-refractivity contribution in [2.75, 3.05) is 14.7 Å². The largest absolute Gasteiger partial charge is 0.456 e. The Morgan fingerprint density at radius 1 is 0.163 bits per heavy atom. The van der Waals surface area contributed by atoms with Gasteiger partial charge < -0.3 is 37.2 Å². The van der Waals surface area contributed by atoms with E-state index in [4.69, 9.17) is 8.83 Å². The summed E-state index contributed by atoms with van der Waals surface area (Å²) in [5, 5.41) is 21.8. The Labute approximate surface area is 851 Å². The van der Waals surface area contributed by atoms with Crippen molar-refractivity contribution in [3.05, 3.63) is 546 Å². The van der Waals surface area contributed by atoms with E-state index in [0.717, 1.165) is 83.7 Å². The lowest BCUT2D eigenvalue weighted by atomic mass is 10.0. The van der Waals surface area contributed by atoms with E-state index < -0.39 is 0 Å². The molecule has 0 spiro atoms. The second-order valence-electron chi connectivity index (χ2n) is 37.7. The summed E-state index contributed by atoms with van der Waals surface area (Å²) in [5.74, 6) is 0. The first kappa shape index (κ1) is 85.6. The summed E-state index contributed by atoms with van der Waals surface area (Å²) in [6.07, 6.45) is 0. The minimum Gasteiger partial charge on any atom is -0.456 e. The van der Waals surface area contributed by atoms with Crippen molar-refractivity contribution in [3.8, 4) is 50.4 Å². The van der Waals surface area contributed by atoms with Gasteiger partial charge in [0.15, 0.2) is 5.58 Å². The molecule has 0 atom stereocenters. The van der Waals surface area contributed by atoms with Crippen molar-refractivity contribution in [3.63, 3.8) is 0 Å². The van der Waals surface area contributed by atoms with Crippen molar-refractivity contribution in [1.82, 2.24) is 13.7 Å². The molecule has 0 bridgehead atoms. The van der Waals surface area contributed by atoms with Gasteiger partial charge in [-0.05, 0) is 244 Å². The third kappa shape index (κ3) is 14.9. The van der Waals surface area contributed by atoms with Crippen LogP contribution in [0.4, 0.5) is 51.2 Å². The number of hydrogen-bond acceptors (Lipinski definition) is 6. The van der Waals surface area contributed by atoms with Gasteiger partial charge in [-0.3, -0.25) is 0 Å². The number of thiophene rings is 1. The lowest BCUT2D eigenvalue weighted by Crippen LogP contribution is -2.10. The minimum atomic E-state index is 0.876. The lowest BCUT2D eigenvalue weighted by Gasteiger charge is -2.27. The second-order valence-corrected chi connectivity index (χ2v) is 38.7. The Morgan fingerprint density at radius 2 is 0.463 bits per heavy atom. The molecule has 8 nitrogen and oxygen atoms in total. The molecule has 0 amide bonds. The molecule has 0 saturated heterocycles. The Balaban J connectivity index is 0.000000107. The molecule has 0 aliphatic heterocycles. The molecule has 9 heteroatoms. The molecular formula is C138H90N6O2S. The minimum absolute atomic E-state index is 0.876. The number of benzene rings is 24. The number of nitrogens with zero attached hydrogens (tertiary/aromatic N) is 6. The standard InChI is InChI=1S/2C46H30N2O.C46H30N2S/c1-2-14-34(15-3-1)47-42-20-8-6-17-37(42)40-30-33(26-29-43(40)47)31-24-27-35(28-25-31)48(41-21-10-13-32-12-4-5-16-36(32)41)44-22-11-19-39-38-18-7-9-23-45(38)49-46(39)44;1-2-13-34(14-3-1)48-43-18-8-6-16-38(43)40-29-33(23-27-44(40)48)31-21-24-35(25-22-31)47(42-19-10-12-32-11-4-5-15-37(32)42)36-26-28-46-41(30-36)39-17-7-9-20-45(39)49-46;1-2-14-34(15-3-1)47-42-20-8-6-17-37(42)40-30-33(26-29-43(40)47)31-24-27-35(28-25-31)48(41-21-10-13-32-12-4-5-16-36(32)41)44-22-11-19-39-38-18-7-9-23-45(38)49-46(39)44/h3*1-30H. The van der Waals surface area contributed by atoms with Crippen LogP contribution in [0.25, 0.3) is 212 Å². The number of fused-ring (bicyclic) bond motifs is 21. The lowest BCUT2D eigenvalue weighted by molar-refractivity contribution is 0.668. The van der Waals surface area contributed by atoms with E-state index in [1.54, 1.807) is 0 Å². The molecule has 0 aliphatic rings. The maximum Gasteiger partial charge on any atom is 0.159 e. The summed E-state index contributed by atoms with van der Waals surface area (Å²) in [4.78, 5) is 7.15. The van der Waals surface area contributed by atoms with Gasteiger partial charge in [0, 0.05) is 125 Å². The maximum atomic E-state index is 6.58. The molecule has 30 rings (SSSR count). The number of hydrogen-bond donors (Lipinski definition) is 0. The highest BCUT2D eigenvalue weighted by Crippen LogP contribution is 2.52. The van der Waals surface area contributed by atoms with E-state index in [9.17, 15) is 0 Å². The first-order valence-corrected chi connectivity index (χ1v) is 50.9. The van der Waals surface area contributed by atoms with Crippen molar-refractivity contribution in [1.29, 1.82) is 0 Å². The first-order chi connectivity index (χ1) is 72.9. The molecule has 0 saturated carbocycles. The molecule has 24 aromatic carbocycles. The zero-order valence-corrected chi connectivity index (χ0v) is 80.7. The number of rotatable bonds is 15. The van der Waals surface area contributed by atoms with Crippen molar-refractivity contribution >= 4 is 224 Å². The summed E-state index contributed by atoms with van der Waals surface area (Å²) in [5.41, 5.74) is 31.4. The highest BCUT2D eigenvalue weighted by Gasteiger charge is 2.27. The fourth-order valence-corrected chi connectivity index (χ4v) is 23.8. The van der Waals surface area contributed by atoms with Gasteiger partial charge in [0.25, 0.3) is 0 Å². The van der Waals surface area contributed by atoms with Crippen molar-refractivity contribution in [2.24, 2.45) is 0 Å². The van der Waals surface area contributed by atoms with Crippen LogP contribution in [0, 0.1) is 0 Å². The average molecular weight is 1900 g/mol. The summed E-state index contributed by atoms with van der Waals surface area (Å²) < 4.78 is 22.5. The predicted octanol–water partition coefficient (Wildman–Crippen LogP) is 39.4. The predicted molar refractivity (Wildman–Crippen MR) is 623 cm³/mol. The molecular weight excluding hydrogens is 1810 g/mol. The van der Waals surface area contributed by atoms with Crippen LogP contribution >= 0.6 is 11.3 Å². The monoisotopic (exact) mass is 1890 g/mol. The second kappa shape index (κ2) is 36.0. The Hall–Kier alpha value is -19.3. The van der Waals surface area contributed by atoms with E-state index in [2.05, 4.69) is 550 Å². The molecule has 30 aromatic rings. The Kier molecular flexibility index (Phi) is 21.0. The fraction of sp³-hybridized carbons (Fsp3) is 0. The third-order valence-corrected chi connectivity index (χ3v) is 30.5.